The van der Waals surface area contributed by atoms with E-state index < -0.39 is 0 Å². The first-order valence-corrected chi connectivity index (χ1v) is 3.36. The molecule has 0 saturated heterocycles. The van der Waals surface area contributed by atoms with Crippen molar-refractivity contribution >= 4 is 18.5 Å². The highest BCUT2D eigenvalue weighted by molar-refractivity contribution is 7.80. The summed E-state index contributed by atoms with van der Waals surface area (Å²) in [6, 6.07) is 0. The van der Waals surface area contributed by atoms with Crippen molar-refractivity contribution in [1.29, 1.82) is 0 Å². The minimum absolute atomic E-state index is 0.236. The molecule has 0 spiro atoms. The van der Waals surface area contributed by atoms with Crippen LogP contribution in [0.1, 0.15) is 10.6 Å². The normalized spacial score (nSPS) is 9.30. The predicted octanol–water partition coefficient (Wildman–Crippen LogP) is 0.0268. The van der Waals surface area contributed by atoms with Gasteiger partial charge in [-0.25, -0.2) is 4.98 Å². The Hall–Kier alpha value is -0.970. The van der Waals surface area contributed by atoms with Gasteiger partial charge in [-0.15, -0.1) is 0 Å². The molecule has 1 heterocycles. The molecule has 1 rings (SSSR count). The van der Waals surface area contributed by atoms with Gasteiger partial charge >= 0.3 is 0 Å². The molecule has 0 radical (unpaired) electrons. The number of aromatic nitrogens is 2. The molecule has 0 unspecified atom stereocenters. The molecule has 1 aromatic heterocycles. The van der Waals surface area contributed by atoms with Crippen LogP contribution in [0.5, 0.6) is 0 Å². The van der Waals surface area contributed by atoms with Gasteiger partial charge in [0.05, 0.1) is 5.88 Å². The summed E-state index contributed by atoms with van der Waals surface area (Å²) in [5.74, 6) is 0.397. The third-order valence-corrected chi connectivity index (χ3v) is 1.11. The third kappa shape index (κ3) is 1.51. The lowest BCUT2D eigenvalue weighted by molar-refractivity contribution is 0.0952. The number of hydrogen-bond acceptors (Lipinski definition) is 3. The summed E-state index contributed by atoms with van der Waals surface area (Å²) in [7, 11) is 0. The molecule has 0 atom stereocenters. The average Bonchev–Trinajstić information content (AvgIpc) is 2.38. The number of carbonyl (C=O) groups excluding carboxylic acids is 1. The fraction of sp³-hybridized carbons (Fsp3) is 0.200. The van der Waals surface area contributed by atoms with Gasteiger partial charge in [0.1, 0.15) is 0 Å². The van der Waals surface area contributed by atoms with Crippen molar-refractivity contribution in [1.82, 2.24) is 15.3 Å². The summed E-state index contributed by atoms with van der Waals surface area (Å²) >= 11 is 3.82. The Labute approximate surface area is 63.5 Å². The van der Waals surface area contributed by atoms with Gasteiger partial charge in [0.2, 0.25) is 0 Å². The Balaban J connectivity index is 2.59. The molecular formula is C5H7N3OS. The zero-order valence-electron chi connectivity index (χ0n) is 5.16. The summed E-state index contributed by atoms with van der Waals surface area (Å²) in [6.45, 7) is 0. The van der Waals surface area contributed by atoms with Gasteiger partial charge in [0, 0.05) is 12.4 Å². The van der Waals surface area contributed by atoms with Crippen LogP contribution < -0.4 is 5.32 Å². The van der Waals surface area contributed by atoms with Gasteiger partial charge in [-0.2, -0.15) is 12.6 Å². The maximum Gasteiger partial charge on any atom is 0.287 e. The topological polar surface area (TPSA) is 57.8 Å². The van der Waals surface area contributed by atoms with E-state index in [2.05, 4.69) is 27.9 Å². The number of nitrogens with one attached hydrogen (secondary N) is 2. The van der Waals surface area contributed by atoms with Crippen LogP contribution in [0, 0.1) is 0 Å². The highest BCUT2D eigenvalue weighted by Gasteiger charge is 2.03. The number of carbonyl (C=O) groups is 1. The summed E-state index contributed by atoms with van der Waals surface area (Å²) in [4.78, 5) is 17.2. The molecule has 0 bridgehead atoms. The molecule has 4 nitrogen and oxygen atoms in total. The van der Waals surface area contributed by atoms with Crippen molar-refractivity contribution in [2.45, 2.75) is 0 Å². The van der Waals surface area contributed by atoms with Gasteiger partial charge in [0.25, 0.3) is 5.91 Å². The lowest BCUT2D eigenvalue weighted by Gasteiger charge is -1.94. The Morgan fingerprint density at radius 1 is 1.90 bits per heavy atom. The number of amides is 1. The third-order valence-electron chi connectivity index (χ3n) is 0.953. The Bertz CT molecular complexity index is 209. The number of thiol groups is 1. The van der Waals surface area contributed by atoms with Crippen LogP contribution in [0.4, 0.5) is 0 Å². The maximum absolute atomic E-state index is 10.9. The van der Waals surface area contributed by atoms with Crippen LogP contribution in [0.2, 0.25) is 0 Å². The molecule has 0 aromatic carbocycles. The molecular weight excluding hydrogens is 150 g/mol. The zero-order valence-corrected chi connectivity index (χ0v) is 6.06. The van der Waals surface area contributed by atoms with Crippen molar-refractivity contribution in [2.75, 3.05) is 5.88 Å². The summed E-state index contributed by atoms with van der Waals surface area (Å²) in [5.41, 5.74) is 0. The minimum Gasteiger partial charge on any atom is -0.341 e. The van der Waals surface area contributed by atoms with Crippen molar-refractivity contribution in [2.24, 2.45) is 0 Å². The molecule has 1 aromatic rings. The second kappa shape index (κ2) is 3.26. The minimum atomic E-state index is -0.236. The van der Waals surface area contributed by atoms with E-state index >= 15 is 0 Å². The molecule has 0 aliphatic heterocycles. The van der Waals surface area contributed by atoms with Crippen LogP contribution in [0.15, 0.2) is 12.4 Å². The van der Waals surface area contributed by atoms with Crippen LogP contribution in [0.3, 0.4) is 0 Å². The van der Waals surface area contributed by atoms with Gasteiger partial charge in [-0.1, -0.05) is 0 Å². The van der Waals surface area contributed by atoms with Gasteiger partial charge in [0.15, 0.2) is 5.82 Å². The highest BCUT2D eigenvalue weighted by Crippen LogP contribution is 1.86. The number of imidazole rings is 1. The predicted molar refractivity (Wildman–Crippen MR) is 39.9 cm³/mol. The number of nitrogens with zero attached hydrogens (tertiary/aromatic N) is 1. The standard InChI is InChI=1S/C5H7N3OS/c9-5(8-3-10)4-6-1-2-7-4/h1-2,10H,3H2,(H,6,7)(H,8,9). The van der Waals surface area contributed by atoms with E-state index in [1.807, 2.05) is 0 Å². The smallest absolute Gasteiger partial charge is 0.287 e. The molecule has 54 valence electrons. The van der Waals surface area contributed by atoms with E-state index in [1.54, 1.807) is 6.20 Å². The summed E-state index contributed by atoms with van der Waals surface area (Å²) < 4.78 is 0. The molecule has 0 saturated carbocycles. The largest absolute Gasteiger partial charge is 0.341 e. The second-order valence-electron chi connectivity index (χ2n) is 1.60. The first-order chi connectivity index (χ1) is 4.84. The SMILES string of the molecule is O=C(NCS)c1ncc[nH]1. The fourth-order valence-corrected chi connectivity index (χ4v) is 0.689. The maximum atomic E-state index is 10.9. The number of hydrogen-bond donors (Lipinski definition) is 3. The molecule has 1 amide bonds. The molecule has 10 heavy (non-hydrogen) atoms. The second-order valence-corrected chi connectivity index (χ2v) is 1.92. The fourth-order valence-electron chi connectivity index (χ4n) is 0.545. The molecule has 0 fully saturated rings. The lowest BCUT2D eigenvalue weighted by atomic mass is 10.6. The van der Waals surface area contributed by atoms with Crippen molar-refractivity contribution in [3.05, 3.63) is 18.2 Å². The highest BCUT2D eigenvalue weighted by atomic mass is 32.1. The van der Waals surface area contributed by atoms with Crippen LogP contribution in [-0.4, -0.2) is 21.8 Å². The van der Waals surface area contributed by atoms with Crippen LogP contribution in [0.25, 0.3) is 0 Å². The van der Waals surface area contributed by atoms with Crippen molar-refractivity contribution in [3.63, 3.8) is 0 Å². The molecule has 5 heteroatoms. The van der Waals surface area contributed by atoms with Gasteiger partial charge in [-0.05, 0) is 0 Å². The van der Waals surface area contributed by atoms with E-state index in [0.29, 0.717) is 11.7 Å². The van der Waals surface area contributed by atoms with E-state index in [0.717, 1.165) is 0 Å². The Morgan fingerprint density at radius 2 is 2.70 bits per heavy atom. The number of rotatable bonds is 2. The van der Waals surface area contributed by atoms with Crippen molar-refractivity contribution < 1.29 is 4.79 Å². The number of H-pyrrole nitrogens is 1. The van der Waals surface area contributed by atoms with Crippen LogP contribution in [-0.2, 0) is 0 Å². The first kappa shape index (κ1) is 7.14. The van der Waals surface area contributed by atoms with E-state index in [1.165, 1.54) is 6.20 Å². The Morgan fingerprint density at radius 3 is 3.20 bits per heavy atom. The molecule has 2 N–H and O–H groups in total. The molecule has 0 aliphatic rings. The van der Waals surface area contributed by atoms with E-state index in [4.69, 9.17) is 0 Å². The van der Waals surface area contributed by atoms with Gasteiger partial charge in [-0.3, -0.25) is 4.79 Å². The lowest BCUT2D eigenvalue weighted by Crippen LogP contribution is -2.22. The summed E-state index contributed by atoms with van der Waals surface area (Å²) in [5, 5.41) is 2.48. The zero-order chi connectivity index (χ0) is 7.40. The molecule has 0 aliphatic carbocycles. The van der Waals surface area contributed by atoms with Crippen molar-refractivity contribution in [3.8, 4) is 0 Å². The van der Waals surface area contributed by atoms with E-state index in [-0.39, 0.29) is 5.91 Å². The first-order valence-electron chi connectivity index (χ1n) is 2.73. The van der Waals surface area contributed by atoms with Gasteiger partial charge < -0.3 is 10.3 Å². The van der Waals surface area contributed by atoms with E-state index in [9.17, 15) is 4.79 Å². The summed E-state index contributed by atoms with van der Waals surface area (Å²) in [6.07, 6.45) is 3.11. The Kier molecular flexibility index (Phi) is 2.33. The number of aromatic amines is 1. The average molecular weight is 157 g/mol. The quantitative estimate of drug-likeness (QED) is 0.419. The van der Waals surface area contributed by atoms with Crippen LogP contribution >= 0.6 is 12.6 Å². The monoisotopic (exact) mass is 157 g/mol.